The van der Waals surface area contributed by atoms with E-state index in [0.29, 0.717) is 0 Å². The first kappa shape index (κ1) is 14.1. The summed E-state index contributed by atoms with van der Waals surface area (Å²) in [5, 5.41) is 8.99. The Bertz CT molecular complexity index is 378. The van der Waals surface area contributed by atoms with E-state index in [1.54, 1.807) is 18.7 Å². The van der Waals surface area contributed by atoms with E-state index in [1.807, 2.05) is 25.1 Å². The highest BCUT2D eigenvalue weighted by Crippen LogP contribution is 2.23. The molecule has 1 aromatic rings. The number of aliphatic carboxylic acids is 1. The van der Waals surface area contributed by atoms with Gasteiger partial charge in [-0.3, -0.25) is 9.69 Å². The Kier molecular flexibility index (Phi) is 5.02. The highest BCUT2D eigenvalue weighted by atomic mass is 32.2. The van der Waals surface area contributed by atoms with Crippen molar-refractivity contribution < 1.29 is 9.90 Å². The predicted octanol–water partition coefficient (Wildman–Crippen LogP) is 2.87. The van der Waals surface area contributed by atoms with E-state index in [9.17, 15) is 4.79 Å². The van der Waals surface area contributed by atoms with Crippen LogP contribution in [0.4, 0.5) is 0 Å². The van der Waals surface area contributed by atoms with Crippen molar-refractivity contribution in [2.75, 3.05) is 13.3 Å². The topological polar surface area (TPSA) is 40.5 Å². The van der Waals surface area contributed by atoms with Gasteiger partial charge in [0, 0.05) is 10.9 Å². The molecule has 0 aliphatic heterocycles. The van der Waals surface area contributed by atoms with Gasteiger partial charge in [0.2, 0.25) is 0 Å². The standard InChI is InChI=1S/C13H19NO2S/c1-9(14(3)10(2)13(15)16)11-5-7-12(17-4)8-6-11/h5-10H,1-4H3,(H,15,16). The van der Waals surface area contributed by atoms with Crippen molar-refractivity contribution in [1.82, 2.24) is 4.90 Å². The summed E-state index contributed by atoms with van der Waals surface area (Å²) in [6.45, 7) is 3.72. The molecule has 0 aliphatic rings. The number of carbonyl (C=O) groups is 1. The molecule has 0 spiro atoms. The molecule has 1 rings (SSSR count). The minimum atomic E-state index is -0.792. The van der Waals surface area contributed by atoms with E-state index < -0.39 is 12.0 Å². The van der Waals surface area contributed by atoms with E-state index in [2.05, 4.69) is 24.3 Å². The molecule has 0 radical (unpaired) electrons. The molecule has 0 aliphatic carbocycles. The van der Waals surface area contributed by atoms with Gasteiger partial charge >= 0.3 is 5.97 Å². The van der Waals surface area contributed by atoms with E-state index in [-0.39, 0.29) is 6.04 Å². The van der Waals surface area contributed by atoms with Crippen LogP contribution in [0.2, 0.25) is 0 Å². The van der Waals surface area contributed by atoms with Gasteiger partial charge in [0.25, 0.3) is 0 Å². The van der Waals surface area contributed by atoms with Gasteiger partial charge in [-0.25, -0.2) is 0 Å². The molecule has 17 heavy (non-hydrogen) atoms. The SMILES string of the molecule is CSc1ccc(C(C)N(C)C(C)C(=O)O)cc1. The van der Waals surface area contributed by atoms with E-state index in [0.717, 1.165) is 5.56 Å². The van der Waals surface area contributed by atoms with Crippen molar-refractivity contribution in [1.29, 1.82) is 0 Å². The lowest BCUT2D eigenvalue weighted by Gasteiger charge is -2.28. The summed E-state index contributed by atoms with van der Waals surface area (Å²) >= 11 is 1.70. The lowest BCUT2D eigenvalue weighted by atomic mass is 10.1. The highest BCUT2D eigenvalue weighted by Gasteiger charge is 2.22. The average Bonchev–Trinajstić information content (AvgIpc) is 2.36. The van der Waals surface area contributed by atoms with Gasteiger partial charge in [-0.1, -0.05) is 12.1 Å². The Balaban J connectivity index is 2.80. The quantitative estimate of drug-likeness (QED) is 0.819. The van der Waals surface area contributed by atoms with Crippen molar-refractivity contribution in [2.45, 2.75) is 30.8 Å². The first-order valence-corrected chi connectivity index (χ1v) is 6.78. The van der Waals surface area contributed by atoms with Crippen LogP contribution in [0, 0.1) is 0 Å². The second kappa shape index (κ2) is 6.07. The van der Waals surface area contributed by atoms with E-state index in [1.165, 1.54) is 4.90 Å². The first-order chi connectivity index (χ1) is 7.97. The van der Waals surface area contributed by atoms with Crippen LogP contribution in [0.15, 0.2) is 29.2 Å². The first-order valence-electron chi connectivity index (χ1n) is 5.56. The zero-order valence-corrected chi connectivity index (χ0v) is 11.5. The molecular weight excluding hydrogens is 234 g/mol. The third kappa shape index (κ3) is 3.48. The summed E-state index contributed by atoms with van der Waals surface area (Å²) in [5.41, 5.74) is 1.14. The molecule has 94 valence electrons. The van der Waals surface area contributed by atoms with Crippen LogP contribution in [0.25, 0.3) is 0 Å². The summed E-state index contributed by atoms with van der Waals surface area (Å²) in [6.07, 6.45) is 2.04. The Morgan fingerprint density at radius 2 is 1.82 bits per heavy atom. The molecule has 3 nitrogen and oxygen atoms in total. The summed E-state index contributed by atoms with van der Waals surface area (Å²) in [4.78, 5) is 14.0. The molecular formula is C13H19NO2S. The number of hydrogen-bond donors (Lipinski definition) is 1. The minimum absolute atomic E-state index is 0.0945. The molecule has 0 heterocycles. The van der Waals surface area contributed by atoms with Crippen molar-refractivity contribution in [3.8, 4) is 0 Å². The van der Waals surface area contributed by atoms with Crippen molar-refractivity contribution in [3.05, 3.63) is 29.8 Å². The predicted molar refractivity (Wildman–Crippen MR) is 71.5 cm³/mol. The molecule has 2 atom stereocenters. The van der Waals surface area contributed by atoms with Crippen LogP contribution in [-0.2, 0) is 4.79 Å². The second-order valence-corrected chi connectivity index (χ2v) is 5.01. The molecule has 0 bridgehead atoms. The van der Waals surface area contributed by atoms with Gasteiger partial charge in [0.15, 0.2) is 0 Å². The Morgan fingerprint density at radius 1 is 1.29 bits per heavy atom. The Hall–Kier alpha value is -1.00. The molecule has 0 saturated carbocycles. The number of carboxylic acid groups (broad SMARTS) is 1. The lowest BCUT2D eigenvalue weighted by molar-refractivity contribution is -0.142. The number of carboxylic acids is 1. The van der Waals surface area contributed by atoms with E-state index in [4.69, 9.17) is 5.11 Å². The number of hydrogen-bond acceptors (Lipinski definition) is 3. The number of thioether (sulfide) groups is 1. The van der Waals surface area contributed by atoms with Crippen molar-refractivity contribution >= 4 is 17.7 Å². The van der Waals surface area contributed by atoms with Crippen LogP contribution in [0.5, 0.6) is 0 Å². The van der Waals surface area contributed by atoms with E-state index >= 15 is 0 Å². The average molecular weight is 253 g/mol. The fourth-order valence-corrected chi connectivity index (χ4v) is 2.04. The largest absolute Gasteiger partial charge is 0.480 e. The maximum absolute atomic E-state index is 10.9. The van der Waals surface area contributed by atoms with Crippen molar-refractivity contribution in [2.24, 2.45) is 0 Å². The van der Waals surface area contributed by atoms with Gasteiger partial charge in [-0.05, 0) is 44.8 Å². The Labute approximate surface area is 107 Å². The summed E-state index contributed by atoms with van der Waals surface area (Å²) in [6, 6.07) is 7.86. The molecule has 0 amide bonds. The molecule has 0 fully saturated rings. The van der Waals surface area contributed by atoms with Gasteiger partial charge in [-0.15, -0.1) is 11.8 Å². The maximum Gasteiger partial charge on any atom is 0.320 e. The third-order valence-electron chi connectivity index (χ3n) is 3.18. The monoisotopic (exact) mass is 253 g/mol. The van der Waals surface area contributed by atoms with Crippen LogP contribution >= 0.6 is 11.8 Å². The van der Waals surface area contributed by atoms with Crippen molar-refractivity contribution in [3.63, 3.8) is 0 Å². The molecule has 1 aromatic carbocycles. The second-order valence-electron chi connectivity index (χ2n) is 4.13. The third-order valence-corrected chi connectivity index (χ3v) is 3.92. The zero-order valence-electron chi connectivity index (χ0n) is 10.7. The smallest absolute Gasteiger partial charge is 0.320 e. The van der Waals surface area contributed by atoms with Gasteiger partial charge in [-0.2, -0.15) is 0 Å². The summed E-state index contributed by atoms with van der Waals surface area (Å²) in [5.74, 6) is -0.792. The maximum atomic E-state index is 10.9. The number of likely N-dealkylation sites (N-methyl/N-ethyl adjacent to an activating group) is 1. The number of nitrogens with zero attached hydrogens (tertiary/aromatic N) is 1. The van der Waals surface area contributed by atoms with Crippen LogP contribution < -0.4 is 0 Å². The summed E-state index contributed by atoms with van der Waals surface area (Å²) in [7, 11) is 1.84. The number of rotatable bonds is 5. The fourth-order valence-electron chi connectivity index (χ4n) is 1.63. The minimum Gasteiger partial charge on any atom is -0.480 e. The number of benzene rings is 1. The van der Waals surface area contributed by atoms with Gasteiger partial charge in [0.05, 0.1) is 0 Å². The van der Waals surface area contributed by atoms with Crippen LogP contribution in [0.1, 0.15) is 25.5 Å². The molecule has 1 N–H and O–H groups in total. The fraction of sp³-hybridized carbons (Fsp3) is 0.462. The van der Waals surface area contributed by atoms with Crippen LogP contribution in [0.3, 0.4) is 0 Å². The molecule has 0 saturated heterocycles. The Morgan fingerprint density at radius 3 is 2.24 bits per heavy atom. The molecule has 0 aromatic heterocycles. The summed E-state index contributed by atoms with van der Waals surface area (Å²) < 4.78 is 0. The van der Waals surface area contributed by atoms with Gasteiger partial charge in [0.1, 0.15) is 6.04 Å². The normalized spacial score (nSPS) is 14.6. The zero-order chi connectivity index (χ0) is 13.0. The van der Waals surface area contributed by atoms with Crippen LogP contribution in [-0.4, -0.2) is 35.3 Å². The van der Waals surface area contributed by atoms with Gasteiger partial charge < -0.3 is 5.11 Å². The lowest BCUT2D eigenvalue weighted by Crippen LogP contribution is -2.37. The highest BCUT2D eigenvalue weighted by molar-refractivity contribution is 7.98. The molecule has 2 unspecified atom stereocenters. The molecule has 4 heteroatoms.